The van der Waals surface area contributed by atoms with Gasteiger partial charge in [0.05, 0.1) is 6.26 Å². The van der Waals surface area contributed by atoms with E-state index in [0.29, 0.717) is 0 Å². The van der Waals surface area contributed by atoms with E-state index in [-0.39, 0.29) is 0 Å². The molecule has 3 aromatic heterocycles. The fraction of sp³-hybridized carbons (Fsp3) is 0. The molecule has 3 nitrogen and oxygen atoms in total. The summed E-state index contributed by atoms with van der Waals surface area (Å²) in [5.74, 6) is 0. The van der Waals surface area contributed by atoms with Crippen LogP contribution in [0.3, 0.4) is 0 Å². The topological polar surface area (TPSA) is 39.4 Å². The molecule has 200 valence electrons. The molecule has 0 saturated heterocycles. The number of hydrogen-bond donors (Lipinski definition) is 0. The van der Waals surface area contributed by atoms with Crippen molar-refractivity contribution in [1.29, 1.82) is 0 Å². The van der Waals surface area contributed by atoms with E-state index in [1.54, 1.807) is 0 Å². The Morgan fingerprint density at radius 3 is 1.49 bits per heavy atom. The number of rotatable bonds is 2. The van der Waals surface area contributed by atoms with Crippen molar-refractivity contribution in [3.8, 4) is 22.3 Å². The Kier molecular flexibility index (Phi) is 4.45. The number of furan rings is 3. The van der Waals surface area contributed by atoms with Crippen LogP contribution in [0.4, 0.5) is 0 Å². The van der Waals surface area contributed by atoms with Gasteiger partial charge in [0.2, 0.25) is 0 Å². The minimum Gasteiger partial charge on any atom is -0.464 e. The van der Waals surface area contributed by atoms with Crippen LogP contribution in [0, 0.1) is 0 Å². The first-order valence-corrected chi connectivity index (χ1v) is 14.5. The van der Waals surface area contributed by atoms with Crippen molar-refractivity contribution in [1.82, 2.24) is 0 Å². The second-order valence-corrected chi connectivity index (χ2v) is 11.2. The Bertz CT molecular complexity index is 2680. The molecule has 0 aliphatic carbocycles. The summed E-state index contributed by atoms with van der Waals surface area (Å²) in [6, 6.07) is 44.7. The number of fused-ring (bicyclic) bond motifs is 9. The molecule has 0 bridgehead atoms. The molecule has 10 aromatic rings. The summed E-state index contributed by atoms with van der Waals surface area (Å²) in [7, 11) is 0. The van der Waals surface area contributed by atoms with Crippen molar-refractivity contribution >= 4 is 76.4 Å². The third kappa shape index (κ3) is 3.14. The summed E-state index contributed by atoms with van der Waals surface area (Å²) >= 11 is 0. The summed E-state index contributed by atoms with van der Waals surface area (Å²) in [6.45, 7) is 0. The monoisotopic (exact) mass is 550 g/mol. The van der Waals surface area contributed by atoms with Crippen LogP contribution in [0.5, 0.6) is 0 Å². The first-order valence-electron chi connectivity index (χ1n) is 14.5. The Labute approximate surface area is 245 Å². The van der Waals surface area contributed by atoms with Gasteiger partial charge in [-0.15, -0.1) is 0 Å². The summed E-state index contributed by atoms with van der Waals surface area (Å²) in [5, 5.41) is 10.3. The molecule has 10 rings (SSSR count). The molecule has 3 heterocycles. The zero-order valence-corrected chi connectivity index (χ0v) is 22.9. The number of para-hydroxylation sites is 2. The Hall–Kier alpha value is -5.80. The van der Waals surface area contributed by atoms with Crippen LogP contribution in [0.15, 0.2) is 147 Å². The van der Waals surface area contributed by atoms with Crippen molar-refractivity contribution < 1.29 is 13.3 Å². The van der Waals surface area contributed by atoms with Crippen LogP contribution in [0.1, 0.15) is 0 Å². The highest BCUT2D eigenvalue weighted by molar-refractivity contribution is 6.24. The van der Waals surface area contributed by atoms with Crippen LogP contribution in [0.2, 0.25) is 0 Å². The lowest BCUT2D eigenvalue weighted by atomic mass is 9.85. The van der Waals surface area contributed by atoms with E-state index < -0.39 is 0 Å². The second-order valence-electron chi connectivity index (χ2n) is 11.2. The molecule has 3 heteroatoms. The molecule has 0 aliphatic rings. The van der Waals surface area contributed by atoms with Crippen LogP contribution in [0.25, 0.3) is 98.6 Å². The zero-order chi connectivity index (χ0) is 28.1. The fourth-order valence-corrected chi connectivity index (χ4v) is 7.05. The number of benzene rings is 7. The second kappa shape index (κ2) is 8.37. The Balaban J connectivity index is 1.31. The molecule has 0 N–H and O–H groups in total. The quantitative estimate of drug-likeness (QED) is 0.201. The lowest BCUT2D eigenvalue weighted by molar-refractivity contribution is 0.614. The van der Waals surface area contributed by atoms with Gasteiger partial charge in [-0.3, -0.25) is 0 Å². The van der Waals surface area contributed by atoms with E-state index in [1.807, 2.05) is 36.6 Å². The summed E-state index contributed by atoms with van der Waals surface area (Å²) < 4.78 is 18.6. The van der Waals surface area contributed by atoms with E-state index in [0.717, 1.165) is 60.4 Å². The SMILES string of the molecule is c1ccc2c(c1)oc1ccc(-c3c4ccccc4c(-c4coc5cc6oc7ccccc7c6cc45)c4ccccc34)cc12. The predicted molar refractivity (Wildman–Crippen MR) is 177 cm³/mol. The molecule has 0 spiro atoms. The van der Waals surface area contributed by atoms with E-state index >= 15 is 0 Å². The van der Waals surface area contributed by atoms with Crippen LogP contribution < -0.4 is 0 Å². The average molecular weight is 551 g/mol. The minimum atomic E-state index is 0.816. The van der Waals surface area contributed by atoms with Crippen LogP contribution in [-0.2, 0) is 0 Å². The highest BCUT2D eigenvalue weighted by Crippen LogP contribution is 2.47. The molecule has 0 radical (unpaired) electrons. The van der Waals surface area contributed by atoms with Gasteiger partial charge in [0, 0.05) is 44.1 Å². The first kappa shape index (κ1) is 22.8. The van der Waals surface area contributed by atoms with Crippen molar-refractivity contribution in [2.75, 3.05) is 0 Å². The molecule has 0 amide bonds. The van der Waals surface area contributed by atoms with E-state index in [1.165, 1.54) is 38.2 Å². The highest BCUT2D eigenvalue weighted by atomic mass is 16.3. The lowest BCUT2D eigenvalue weighted by Gasteiger charge is -2.17. The van der Waals surface area contributed by atoms with Gasteiger partial charge >= 0.3 is 0 Å². The van der Waals surface area contributed by atoms with Gasteiger partial charge in [0.25, 0.3) is 0 Å². The van der Waals surface area contributed by atoms with Crippen LogP contribution >= 0.6 is 0 Å². The molecule has 7 aromatic carbocycles. The summed E-state index contributed by atoms with van der Waals surface area (Å²) in [5.41, 5.74) is 8.99. The summed E-state index contributed by atoms with van der Waals surface area (Å²) in [6.07, 6.45) is 1.91. The third-order valence-electron chi connectivity index (χ3n) is 8.94. The standard InChI is InChI=1S/C40H22O3/c1-3-13-28-26(11-1)39(23-17-18-36-30(19-23)24-9-5-7-15-34(24)42-36)27-12-2-4-14-29(27)40(28)33-22-41-37-21-38-31(20-32(33)37)25-10-6-8-16-35(25)43-38/h1-22H. The molecular weight excluding hydrogens is 528 g/mol. The molecule has 0 atom stereocenters. The van der Waals surface area contributed by atoms with Crippen LogP contribution in [-0.4, -0.2) is 0 Å². The largest absolute Gasteiger partial charge is 0.464 e. The highest BCUT2D eigenvalue weighted by Gasteiger charge is 2.21. The van der Waals surface area contributed by atoms with Gasteiger partial charge < -0.3 is 13.3 Å². The van der Waals surface area contributed by atoms with Crippen molar-refractivity contribution in [2.24, 2.45) is 0 Å². The zero-order valence-electron chi connectivity index (χ0n) is 22.9. The van der Waals surface area contributed by atoms with E-state index in [9.17, 15) is 0 Å². The molecular formula is C40H22O3. The van der Waals surface area contributed by atoms with Crippen molar-refractivity contribution in [2.45, 2.75) is 0 Å². The smallest absolute Gasteiger partial charge is 0.139 e. The van der Waals surface area contributed by atoms with Gasteiger partial charge in [0.1, 0.15) is 27.9 Å². The number of hydrogen-bond acceptors (Lipinski definition) is 3. The van der Waals surface area contributed by atoms with Gasteiger partial charge in [0.15, 0.2) is 0 Å². The predicted octanol–water partition coefficient (Wildman–Crippen LogP) is 11.9. The molecule has 0 unspecified atom stereocenters. The lowest BCUT2D eigenvalue weighted by Crippen LogP contribution is -1.90. The van der Waals surface area contributed by atoms with Crippen molar-refractivity contribution in [3.63, 3.8) is 0 Å². The summed E-state index contributed by atoms with van der Waals surface area (Å²) in [4.78, 5) is 0. The average Bonchev–Trinajstić information content (AvgIpc) is 3.75. The van der Waals surface area contributed by atoms with E-state index in [2.05, 4.69) is 97.1 Å². The molecule has 0 fully saturated rings. The van der Waals surface area contributed by atoms with Gasteiger partial charge in [-0.05, 0) is 63.0 Å². The molecule has 0 aliphatic heterocycles. The van der Waals surface area contributed by atoms with Gasteiger partial charge in [-0.25, -0.2) is 0 Å². The van der Waals surface area contributed by atoms with Gasteiger partial charge in [-0.1, -0.05) is 91.0 Å². The molecule has 43 heavy (non-hydrogen) atoms. The minimum absolute atomic E-state index is 0.816. The molecule has 0 saturated carbocycles. The third-order valence-corrected chi connectivity index (χ3v) is 8.94. The van der Waals surface area contributed by atoms with Gasteiger partial charge in [-0.2, -0.15) is 0 Å². The maximum atomic E-state index is 6.23. The Morgan fingerprint density at radius 2 is 0.837 bits per heavy atom. The van der Waals surface area contributed by atoms with E-state index in [4.69, 9.17) is 13.3 Å². The normalized spacial score (nSPS) is 12.2. The first-order chi connectivity index (χ1) is 21.3. The van der Waals surface area contributed by atoms with Crippen molar-refractivity contribution in [3.05, 3.63) is 134 Å². The maximum Gasteiger partial charge on any atom is 0.139 e. The maximum absolute atomic E-state index is 6.23. The fourth-order valence-electron chi connectivity index (χ4n) is 7.05. The Morgan fingerprint density at radius 1 is 0.326 bits per heavy atom.